The van der Waals surface area contributed by atoms with Gasteiger partial charge in [0.2, 0.25) is 0 Å². The van der Waals surface area contributed by atoms with Gasteiger partial charge in [0.15, 0.2) is 18.4 Å². The molecule has 0 aliphatic carbocycles. The number of carboxylic acids is 1. The van der Waals surface area contributed by atoms with E-state index in [9.17, 15) is 24.3 Å². The molecule has 11 heteroatoms. The molecule has 2 rings (SSSR count). The van der Waals surface area contributed by atoms with E-state index in [1.54, 1.807) is 26.1 Å². The first kappa shape index (κ1) is 24.4. The van der Waals surface area contributed by atoms with Crippen molar-refractivity contribution in [3.63, 3.8) is 0 Å². The largest absolute Gasteiger partial charge is 0.478 e. The molecule has 11 nitrogen and oxygen atoms in total. The molecule has 31 heavy (non-hydrogen) atoms. The third kappa shape index (κ3) is 6.28. The van der Waals surface area contributed by atoms with Crippen LogP contribution in [0, 0.1) is 5.92 Å². The standard InChI is InChI=1S/C20H28N2O9/c1-10(2)15(21)20(27)28-9-14-16(29-11(3)23)17(30-12(4)24)18(31-14)22-7-5-6-13(8-22)19(25)26/h5,7-8,10,14-18H,6,9,21H2,1-4H3,(H,25,26)/t14-,15+,16-,17-,18-/m1/s1. The number of hydrogen-bond acceptors (Lipinski definition) is 10. The molecule has 5 atom stereocenters. The van der Waals surface area contributed by atoms with Crippen molar-refractivity contribution < 1.29 is 43.2 Å². The predicted molar refractivity (Wildman–Crippen MR) is 105 cm³/mol. The summed E-state index contributed by atoms with van der Waals surface area (Å²) in [4.78, 5) is 48.3. The zero-order valence-corrected chi connectivity index (χ0v) is 17.8. The highest BCUT2D eigenvalue weighted by Gasteiger charge is 2.51. The number of ether oxygens (including phenoxy) is 4. The summed E-state index contributed by atoms with van der Waals surface area (Å²) < 4.78 is 21.8. The lowest BCUT2D eigenvalue weighted by atomic mass is 10.1. The van der Waals surface area contributed by atoms with Crippen LogP contribution in [0.1, 0.15) is 34.1 Å². The topological polar surface area (TPSA) is 155 Å². The molecule has 0 radical (unpaired) electrons. The summed E-state index contributed by atoms with van der Waals surface area (Å²) in [7, 11) is 0. The molecule has 1 saturated heterocycles. The third-order valence-corrected chi connectivity index (χ3v) is 4.76. The number of carbonyl (C=O) groups excluding carboxylic acids is 3. The van der Waals surface area contributed by atoms with Crippen LogP contribution in [0.3, 0.4) is 0 Å². The smallest absolute Gasteiger partial charge is 0.333 e. The van der Waals surface area contributed by atoms with E-state index in [1.807, 2.05) is 0 Å². The maximum Gasteiger partial charge on any atom is 0.333 e. The molecule has 0 aromatic rings. The van der Waals surface area contributed by atoms with Gasteiger partial charge in [0.1, 0.15) is 18.8 Å². The molecule has 2 heterocycles. The molecule has 0 aromatic heterocycles. The van der Waals surface area contributed by atoms with Crippen molar-refractivity contribution in [3.05, 3.63) is 24.0 Å². The summed E-state index contributed by atoms with van der Waals surface area (Å²) in [5, 5.41) is 9.28. The number of hydrogen-bond donors (Lipinski definition) is 2. The molecule has 1 fully saturated rings. The van der Waals surface area contributed by atoms with Gasteiger partial charge in [-0.3, -0.25) is 14.4 Å². The molecule has 0 aromatic carbocycles. The zero-order chi connectivity index (χ0) is 23.3. The lowest BCUT2D eigenvalue weighted by Crippen LogP contribution is -2.45. The molecule has 0 unspecified atom stereocenters. The average Bonchev–Trinajstić information content (AvgIpc) is 3.01. The first-order valence-corrected chi connectivity index (χ1v) is 9.81. The van der Waals surface area contributed by atoms with Crippen LogP contribution in [0.15, 0.2) is 24.0 Å². The minimum absolute atomic E-state index is 0.0921. The Balaban J connectivity index is 2.28. The SMILES string of the molecule is CC(=O)O[C@@H]1[C@H](OC(C)=O)[C@@H](COC(=O)[C@@H](N)C(C)C)O[C@H]1N1C=CCC(C(=O)O)=C1. The van der Waals surface area contributed by atoms with Crippen LogP contribution in [0.2, 0.25) is 0 Å². The maximum atomic E-state index is 12.1. The lowest BCUT2D eigenvalue weighted by molar-refractivity contribution is -0.167. The minimum Gasteiger partial charge on any atom is -0.478 e. The van der Waals surface area contributed by atoms with Gasteiger partial charge in [-0.15, -0.1) is 0 Å². The summed E-state index contributed by atoms with van der Waals surface area (Å²) in [6, 6.07) is -0.847. The quantitative estimate of drug-likeness (QED) is 0.395. The van der Waals surface area contributed by atoms with Crippen molar-refractivity contribution in [3.8, 4) is 0 Å². The van der Waals surface area contributed by atoms with Gasteiger partial charge in [0, 0.05) is 32.7 Å². The molecule has 0 spiro atoms. The summed E-state index contributed by atoms with van der Waals surface area (Å²) in [6.45, 7) is 5.59. The summed E-state index contributed by atoms with van der Waals surface area (Å²) in [5.41, 5.74) is 5.88. The molecule has 0 saturated carbocycles. The van der Waals surface area contributed by atoms with Gasteiger partial charge >= 0.3 is 23.9 Å². The van der Waals surface area contributed by atoms with Crippen molar-refractivity contribution in [1.82, 2.24) is 4.90 Å². The van der Waals surface area contributed by atoms with Gasteiger partial charge in [-0.2, -0.15) is 0 Å². The normalized spacial score (nSPS) is 26.3. The van der Waals surface area contributed by atoms with Gasteiger partial charge < -0.3 is 34.7 Å². The molecule has 0 amide bonds. The van der Waals surface area contributed by atoms with Crippen molar-refractivity contribution in [2.45, 2.75) is 64.7 Å². The van der Waals surface area contributed by atoms with Crippen molar-refractivity contribution in [1.29, 1.82) is 0 Å². The molecular formula is C20H28N2O9. The third-order valence-electron chi connectivity index (χ3n) is 4.76. The van der Waals surface area contributed by atoms with E-state index in [0.29, 0.717) is 0 Å². The van der Waals surface area contributed by atoms with Gasteiger partial charge in [-0.1, -0.05) is 19.9 Å². The predicted octanol–water partition coefficient (Wildman–Crippen LogP) is 0.289. The number of aliphatic carboxylic acids is 1. The van der Waals surface area contributed by atoms with Crippen LogP contribution in [-0.4, -0.2) is 71.1 Å². The molecule has 0 bridgehead atoms. The number of esters is 3. The van der Waals surface area contributed by atoms with E-state index in [4.69, 9.17) is 24.7 Å². The number of carboxylic acid groups (broad SMARTS) is 1. The first-order chi connectivity index (χ1) is 14.5. The van der Waals surface area contributed by atoms with E-state index in [-0.39, 0.29) is 24.5 Å². The Hall–Kier alpha value is -2.92. The van der Waals surface area contributed by atoms with E-state index in [0.717, 1.165) is 0 Å². The van der Waals surface area contributed by atoms with Crippen molar-refractivity contribution >= 4 is 23.9 Å². The molecule has 172 valence electrons. The summed E-state index contributed by atoms with van der Waals surface area (Å²) in [6.07, 6.45) is 0.551. The van der Waals surface area contributed by atoms with Crippen LogP contribution >= 0.6 is 0 Å². The number of nitrogens with zero attached hydrogens (tertiary/aromatic N) is 1. The second-order valence-corrected chi connectivity index (χ2v) is 7.61. The molecular weight excluding hydrogens is 412 g/mol. The number of rotatable bonds is 8. The fourth-order valence-corrected chi connectivity index (χ4v) is 3.14. The highest BCUT2D eigenvalue weighted by Crippen LogP contribution is 2.32. The van der Waals surface area contributed by atoms with Crippen molar-refractivity contribution in [2.24, 2.45) is 11.7 Å². The average molecular weight is 440 g/mol. The highest BCUT2D eigenvalue weighted by molar-refractivity contribution is 5.87. The van der Waals surface area contributed by atoms with Crippen LogP contribution in [0.4, 0.5) is 0 Å². The summed E-state index contributed by atoms with van der Waals surface area (Å²) in [5.74, 6) is -3.23. The maximum absolute atomic E-state index is 12.1. The Morgan fingerprint density at radius 1 is 1.19 bits per heavy atom. The number of allylic oxidation sites excluding steroid dienone is 1. The highest BCUT2D eigenvalue weighted by atomic mass is 16.7. The second kappa shape index (κ2) is 10.4. The summed E-state index contributed by atoms with van der Waals surface area (Å²) >= 11 is 0. The Morgan fingerprint density at radius 2 is 1.81 bits per heavy atom. The fraction of sp³-hybridized carbons (Fsp3) is 0.600. The van der Waals surface area contributed by atoms with Crippen LogP contribution in [-0.2, 0) is 38.1 Å². The monoisotopic (exact) mass is 440 g/mol. The van der Waals surface area contributed by atoms with Gasteiger partial charge in [0.25, 0.3) is 0 Å². The van der Waals surface area contributed by atoms with Gasteiger partial charge in [0.05, 0.1) is 5.57 Å². The Bertz CT molecular complexity index is 777. The van der Waals surface area contributed by atoms with Crippen molar-refractivity contribution in [2.75, 3.05) is 6.61 Å². The van der Waals surface area contributed by atoms with Crippen LogP contribution in [0.5, 0.6) is 0 Å². The van der Waals surface area contributed by atoms with E-state index in [1.165, 1.54) is 24.9 Å². The molecule has 2 aliphatic heterocycles. The van der Waals surface area contributed by atoms with Crippen LogP contribution < -0.4 is 5.73 Å². The Morgan fingerprint density at radius 3 is 2.35 bits per heavy atom. The van der Waals surface area contributed by atoms with Crippen LogP contribution in [0.25, 0.3) is 0 Å². The van der Waals surface area contributed by atoms with E-state index in [2.05, 4.69) is 0 Å². The molecule has 2 aliphatic rings. The fourth-order valence-electron chi connectivity index (χ4n) is 3.14. The number of nitrogens with two attached hydrogens (primary N) is 1. The zero-order valence-electron chi connectivity index (χ0n) is 17.8. The van der Waals surface area contributed by atoms with Gasteiger partial charge in [-0.05, 0) is 5.92 Å². The Labute approximate surface area is 179 Å². The van der Waals surface area contributed by atoms with E-state index >= 15 is 0 Å². The van der Waals surface area contributed by atoms with Gasteiger partial charge in [-0.25, -0.2) is 4.79 Å². The first-order valence-electron chi connectivity index (χ1n) is 9.81. The number of carbonyl (C=O) groups is 4. The Kier molecular flexibility index (Phi) is 8.17. The van der Waals surface area contributed by atoms with E-state index < -0.39 is 54.5 Å². The minimum atomic E-state index is -1.11. The lowest BCUT2D eigenvalue weighted by Gasteiger charge is -2.30. The second-order valence-electron chi connectivity index (χ2n) is 7.61. The molecule has 3 N–H and O–H groups in total.